The molecule has 2 rings (SSSR count). The molecule has 1 heterocycles. The van der Waals surface area contributed by atoms with E-state index in [0.717, 1.165) is 0 Å². The van der Waals surface area contributed by atoms with Gasteiger partial charge in [0.05, 0.1) is 18.6 Å². The maximum Gasteiger partial charge on any atom is 0.234 e. The number of carbonyl (C=O) groups excluding carboxylic acids is 1. The van der Waals surface area contributed by atoms with Crippen molar-refractivity contribution in [2.24, 2.45) is 0 Å². The van der Waals surface area contributed by atoms with E-state index in [0.29, 0.717) is 22.2 Å². The van der Waals surface area contributed by atoms with Gasteiger partial charge in [-0.25, -0.2) is 4.98 Å². The number of nitrogens with two attached hydrogens (primary N) is 1. The Morgan fingerprint density at radius 2 is 2.25 bits per heavy atom. The number of hydrogen-bond acceptors (Lipinski definition) is 5. The van der Waals surface area contributed by atoms with Crippen LogP contribution in [0, 0.1) is 0 Å². The molecule has 0 bridgehead atoms. The Kier molecular flexibility index (Phi) is 4.84. The predicted molar refractivity (Wildman–Crippen MR) is 81.0 cm³/mol. The van der Waals surface area contributed by atoms with Crippen molar-refractivity contribution < 1.29 is 9.53 Å². The van der Waals surface area contributed by atoms with Gasteiger partial charge < -0.3 is 15.8 Å². The number of anilines is 2. The quantitative estimate of drug-likeness (QED) is 0.826. The van der Waals surface area contributed by atoms with E-state index in [-0.39, 0.29) is 11.7 Å². The van der Waals surface area contributed by atoms with Crippen molar-refractivity contribution in [1.82, 2.24) is 4.98 Å². The molecule has 104 valence electrons. The van der Waals surface area contributed by atoms with Crippen molar-refractivity contribution in [2.75, 3.05) is 23.9 Å². The van der Waals surface area contributed by atoms with Gasteiger partial charge in [-0.15, -0.1) is 0 Å². The number of hydrogen-bond donors (Lipinski definition) is 2. The minimum Gasteiger partial charge on any atom is -0.497 e. The highest BCUT2D eigenvalue weighted by Gasteiger charge is 2.07. The van der Waals surface area contributed by atoms with Crippen LogP contribution in [0.4, 0.5) is 11.4 Å². The molecule has 0 spiro atoms. The summed E-state index contributed by atoms with van der Waals surface area (Å²) in [6.45, 7) is 0. The molecule has 5 nitrogen and oxygen atoms in total. The van der Waals surface area contributed by atoms with E-state index < -0.39 is 0 Å². The van der Waals surface area contributed by atoms with Gasteiger partial charge in [-0.2, -0.15) is 0 Å². The summed E-state index contributed by atoms with van der Waals surface area (Å²) in [4.78, 5) is 16.0. The van der Waals surface area contributed by atoms with Gasteiger partial charge in [-0.1, -0.05) is 17.8 Å². The molecule has 3 N–H and O–H groups in total. The summed E-state index contributed by atoms with van der Waals surface area (Å²) in [5, 5.41) is 3.46. The van der Waals surface area contributed by atoms with Crippen molar-refractivity contribution in [3.63, 3.8) is 0 Å². The Labute approximate surface area is 121 Å². The number of nitrogen functional groups attached to an aromatic ring is 1. The molecule has 0 aliphatic heterocycles. The summed E-state index contributed by atoms with van der Waals surface area (Å²) in [6.07, 6.45) is 1.65. The van der Waals surface area contributed by atoms with Gasteiger partial charge in [-0.05, 0) is 24.3 Å². The van der Waals surface area contributed by atoms with E-state index >= 15 is 0 Å². The number of amides is 1. The highest BCUT2D eigenvalue weighted by molar-refractivity contribution is 8.00. The fraction of sp³-hybridized carbons (Fsp3) is 0.143. The Balaban J connectivity index is 1.91. The molecule has 0 radical (unpaired) electrons. The molecule has 0 unspecified atom stereocenters. The summed E-state index contributed by atoms with van der Waals surface area (Å²) in [6, 6.07) is 10.7. The van der Waals surface area contributed by atoms with Crippen LogP contribution in [0.3, 0.4) is 0 Å². The van der Waals surface area contributed by atoms with Crippen LogP contribution in [-0.2, 0) is 4.79 Å². The summed E-state index contributed by atoms with van der Waals surface area (Å²) >= 11 is 1.30. The number of nitrogens with zero attached hydrogens (tertiary/aromatic N) is 1. The first-order valence-corrected chi connectivity index (χ1v) is 6.95. The van der Waals surface area contributed by atoms with Gasteiger partial charge in [0, 0.05) is 18.0 Å². The number of nitrogens with one attached hydrogen (secondary N) is 1. The van der Waals surface area contributed by atoms with E-state index in [4.69, 9.17) is 10.5 Å². The number of thioether (sulfide) groups is 1. The van der Waals surface area contributed by atoms with Crippen molar-refractivity contribution in [1.29, 1.82) is 0 Å². The van der Waals surface area contributed by atoms with Gasteiger partial charge in [0.1, 0.15) is 10.8 Å². The van der Waals surface area contributed by atoms with Crippen LogP contribution in [-0.4, -0.2) is 23.8 Å². The van der Waals surface area contributed by atoms with Crippen LogP contribution >= 0.6 is 11.8 Å². The lowest BCUT2D eigenvalue weighted by Crippen LogP contribution is -2.14. The first kappa shape index (κ1) is 14.2. The zero-order valence-corrected chi connectivity index (χ0v) is 11.8. The number of rotatable bonds is 5. The second kappa shape index (κ2) is 6.81. The first-order valence-electron chi connectivity index (χ1n) is 5.96. The van der Waals surface area contributed by atoms with E-state index in [1.165, 1.54) is 11.8 Å². The van der Waals surface area contributed by atoms with Crippen molar-refractivity contribution in [3.8, 4) is 5.75 Å². The number of ether oxygens (including phenoxy) is 1. The number of pyridine rings is 1. The van der Waals surface area contributed by atoms with E-state index in [1.54, 1.807) is 37.6 Å². The zero-order chi connectivity index (χ0) is 14.4. The van der Waals surface area contributed by atoms with Crippen LogP contribution in [0.5, 0.6) is 5.75 Å². The van der Waals surface area contributed by atoms with Gasteiger partial charge in [-0.3, -0.25) is 4.79 Å². The molecule has 0 fully saturated rings. The third kappa shape index (κ3) is 3.89. The lowest BCUT2D eigenvalue weighted by molar-refractivity contribution is -0.113. The highest BCUT2D eigenvalue weighted by atomic mass is 32.2. The Bertz CT molecular complexity index is 604. The van der Waals surface area contributed by atoms with Gasteiger partial charge in [0.15, 0.2) is 0 Å². The van der Waals surface area contributed by atoms with Gasteiger partial charge in [0.25, 0.3) is 0 Å². The molecule has 0 aliphatic carbocycles. The lowest BCUT2D eigenvalue weighted by Gasteiger charge is -2.07. The fourth-order valence-electron chi connectivity index (χ4n) is 1.56. The van der Waals surface area contributed by atoms with Gasteiger partial charge in [0.2, 0.25) is 5.91 Å². The van der Waals surface area contributed by atoms with E-state index in [1.807, 2.05) is 12.1 Å². The number of aromatic nitrogens is 1. The Morgan fingerprint density at radius 1 is 1.40 bits per heavy atom. The lowest BCUT2D eigenvalue weighted by atomic mass is 10.3. The molecule has 1 aromatic heterocycles. The summed E-state index contributed by atoms with van der Waals surface area (Å²) in [5.41, 5.74) is 7.04. The SMILES string of the molecule is COc1cccc(NC(=O)CSc2ncccc2N)c1. The Morgan fingerprint density at radius 3 is 3.00 bits per heavy atom. The second-order valence-corrected chi connectivity index (χ2v) is 4.93. The average Bonchev–Trinajstić information content (AvgIpc) is 2.46. The van der Waals surface area contributed by atoms with Crippen LogP contribution in [0.25, 0.3) is 0 Å². The topological polar surface area (TPSA) is 77.2 Å². The van der Waals surface area contributed by atoms with Crippen LogP contribution in [0.15, 0.2) is 47.6 Å². The number of benzene rings is 1. The summed E-state index contributed by atoms with van der Waals surface area (Å²) in [5.74, 6) is 0.830. The molecule has 1 aromatic carbocycles. The minimum atomic E-state index is -0.117. The van der Waals surface area contributed by atoms with Crippen molar-refractivity contribution in [2.45, 2.75) is 5.03 Å². The average molecular weight is 289 g/mol. The predicted octanol–water partition coefficient (Wildman–Crippen LogP) is 2.40. The highest BCUT2D eigenvalue weighted by Crippen LogP contribution is 2.22. The van der Waals surface area contributed by atoms with Gasteiger partial charge >= 0.3 is 0 Å². The molecule has 0 aliphatic rings. The monoisotopic (exact) mass is 289 g/mol. The normalized spacial score (nSPS) is 10.1. The molecule has 2 aromatic rings. The molecule has 1 amide bonds. The number of carbonyl (C=O) groups is 1. The van der Waals surface area contributed by atoms with Crippen LogP contribution < -0.4 is 15.8 Å². The zero-order valence-electron chi connectivity index (χ0n) is 11.0. The third-order valence-corrected chi connectivity index (χ3v) is 3.52. The maximum absolute atomic E-state index is 11.9. The van der Waals surface area contributed by atoms with Crippen LogP contribution in [0.2, 0.25) is 0 Å². The molecular weight excluding hydrogens is 274 g/mol. The van der Waals surface area contributed by atoms with E-state index in [2.05, 4.69) is 10.3 Å². The maximum atomic E-state index is 11.9. The Hall–Kier alpha value is -2.21. The first-order chi connectivity index (χ1) is 9.69. The molecule has 0 saturated heterocycles. The van der Waals surface area contributed by atoms with Crippen molar-refractivity contribution in [3.05, 3.63) is 42.6 Å². The number of methoxy groups -OCH3 is 1. The fourth-order valence-corrected chi connectivity index (χ4v) is 2.27. The minimum absolute atomic E-state index is 0.117. The standard InChI is InChI=1S/C14H15N3O2S/c1-19-11-5-2-4-10(8-11)17-13(18)9-20-14-12(15)6-3-7-16-14/h2-8H,9,15H2,1H3,(H,17,18). The third-order valence-electron chi connectivity index (χ3n) is 2.49. The summed E-state index contributed by atoms with van der Waals surface area (Å²) < 4.78 is 5.10. The molecule has 0 saturated carbocycles. The second-order valence-electron chi connectivity index (χ2n) is 3.97. The molecule has 20 heavy (non-hydrogen) atoms. The molecule has 6 heteroatoms. The molecular formula is C14H15N3O2S. The largest absolute Gasteiger partial charge is 0.497 e. The summed E-state index contributed by atoms with van der Waals surface area (Å²) in [7, 11) is 1.58. The van der Waals surface area contributed by atoms with E-state index in [9.17, 15) is 4.79 Å². The molecule has 0 atom stereocenters. The smallest absolute Gasteiger partial charge is 0.234 e. The van der Waals surface area contributed by atoms with Crippen LogP contribution in [0.1, 0.15) is 0 Å². The van der Waals surface area contributed by atoms with Crippen molar-refractivity contribution >= 4 is 29.0 Å².